The molecule has 1 aliphatic heterocycles. The lowest BCUT2D eigenvalue weighted by Gasteiger charge is -2.39. The highest BCUT2D eigenvalue weighted by atomic mass is 32.2. The molecule has 1 fully saturated rings. The fourth-order valence-electron chi connectivity index (χ4n) is 2.09. The fraction of sp³-hybridized carbons (Fsp3) is 0.538. The first-order valence-electron chi connectivity index (χ1n) is 6.57. The smallest absolute Gasteiger partial charge is 0.297 e. The topological polar surface area (TPSA) is 134 Å². The Labute approximate surface area is 127 Å². The third-order valence-electron chi connectivity index (χ3n) is 3.39. The Bertz CT molecular complexity index is 599. The van der Waals surface area contributed by atoms with Gasteiger partial charge in [0.1, 0.15) is 24.4 Å². The zero-order chi connectivity index (χ0) is 16.5. The van der Waals surface area contributed by atoms with E-state index in [9.17, 15) is 23.7 Å². The summed E-state index contributed by atoms with van der Waals surface area (Å²) >= 11 is 0. The molecule has 0 spiro atoms. The van der Waals surface area contributed by atoms with Gasteiger partial charge in [-0.05, 0) is 19.1 Å². The largest absolute Gasteiger partial charge is 0.394 e. The average Bonchev–Trinajstić information content (AvgIpc) is 2.48. The van der Waals surface area contributed by atoms with E-state index in [-0.39, 0.29) is 4.90 Å². The van der Waals surface area contributed by atoms with Crippen LogP contribution in [0.1, 0.15) is 5.56 Å². The number of ether oxygens (including phenoxy) is 1. The summed E-state index contributed by atoms with van der Waals surface area (Å²) in [7, 11) is -4.27. The molecule has 0 bridgehead atoms. The van der Waals surface area contributed by atoms with Gasteiger partial charge in [-0.1, -0.05) is 17.7 Å². The summed E-state index contributed by atoms with van der Waals surface area (Å²) in [6.07, 6.45) is -8.11. The number of rotatable bonds is 4. The molecule has 22 heavy (non-hydrogen) atoms. The molecule has 0 amide bonds. The summed E-state index contributed by atoms with van der Waals surface area (Å²) in [5, 5.41) is 38.2. The maximum absolute atomic E-state index is 12.2. The number of aryl methyl sites for hydroxylation is 1. The van der Waals surface area contributed by atoms with Gasteiger partial charge in [0.2, 0.25) is 0 Å². The zero-order valence-electron chi connectivity index (χ0n) is 11.7. The van der Waals surface area contributed by atoms with Crippen LogP contribution in [0.5, 0.6) is 0 Å². The summed E-state index contributed by atoms with van der Waals surface area (Å²) in [5.41, 5.74) is 0.848. The van der Waals surface area contributed by atoms with Gasteiger partial charge in [0.25, 0.3) is 10.1 Å². The number of hydrogen-bond acceptors (Lipinski definition) is 8. The highest BCUT2D eigenvalue weighted by Gasteiger charge is 2.46. The Balaban J connectivity index is 2.24. The second-order valence-electron chi connectivity index (χ2n) is 5.06. The van der Waals surface area contributed by atoms with Crippen LogP contribution in [0.25, 0.3) is 0 Å². The van der Waals surface area contributed by atoms with Crippen LogP contribution < -0.4 is 0 Å². The lowest BCUT2D eigenvalue weighted by Crippen LogP contribution is -2.59. The van der Waals surface area contributed by atoms with E-state index in [0.29, 0.717) is 0 Å². The minimum absolute atomic E-state index is 0.154. The molecule has 2 rings (SSSR count). The van der Waals surface area contributed by atoms with Gasteiger partial charge in [0.05, 0.1) is 11.5 Å². The Kier molecular flexibility index (Phi) is 5.17. The van der Waals surface area contributed by atoms with Gasteiger partial charge in [-0.3, -0.25) is 4.18 Å². The molecule has 5 unspecified atom stereocenters. The molecule has 1 aliphatic rings. The highest BCUT2D eigenvalue weighted by Crippen LogP contribution is 2.26. The normalized spacial score (nSPS) is 32.9. The summed E-state index contributed by atoms with van der Waals surface area (Å²) in [6.45, 7) is 1.11. The highest BCUT2D eigenvalue weighted by molar-refractivity contribution is 7.86. The molecule has 0 aliphatic carbocycles. The molecule has 4 N–H and O–H groups in total. The van der Waals surface area contributed by atoms with Gasteiger partial charge in [-0.15, -0.1) is 0 Å². The molecule has 0 saturated carbocycles. The van der Waals surface area contributed by atoms with Gasteiger partial charge in [0.15, 0.2) is 6.29 Å². The predicted molar refractivity (Wildman–Crippen MR) is 73.2 cm³/mol. The third-order valence-corrected chi connectivity index (χ3v) is 4.71. The Morgan fingerprint density at radius 2 is 1.73 bits per heavy atom. The summed E-state index contributed by atoms with van der Waals surface area (Å²) in [4.78, 5) is -0.154. The first-order chi connectivity index (χ1) is 10.3. The SMILES string of the molecule is Cc1ccc(S(=O)(=O)OC2C(O)C(O)OC(CO)C2O)cc1. The van der Waals surface area contributed by atoms with Crippen molar-refractivity contribution in [2.75, 3.05) is 6.61 Å². The van der Waals surface area contributed by atoms with E-state index in [2.05, 4.69) is 0 Å². The maximum atomic E-state index is 12.2. The van der Waals surface area contributed by atoms with Gasteiger partial charge in [-0.25, -0.2) is 0 Å². The second-order valence-corrected chi connectivity index (χ2v) is 6.63. The Hall–Kier alpha value is -1.07. The molecule has 5 atom stereocenters. The molecule has 1 saturated heterocycles. The van der Waals surface area contributed by atoms with Crippen LogP contribution in [0.3, 0.4) is 0 Å². The van der Waals surface area contributed by atoms with E-state index in [1.807, 2.05) is 0 Å². The van der Waals surface area contributed by atoms with Crippen LogP contribution in [-0.4, -0.2) is 66.2 Å². The lowest BCUT2D eigenvalue weighted by molar-refractivity contribution is -0.281. The van der Waals surface area contributed by atoms with E-state index < -0.39 is 47.4 Å². The van der Waals surface area contributed by atoms with Gasteiger partial charge < -0.3 is 25.2 Å². The summed E-state index contributed by atoms with van der Waals surface area (Å²) in [6, 6.07) is 5.78. The number of aliphatic hydroxyl groups excluding tert-OH is 4. The quantitative estimate of drug-likeness (QED) is 0.489. The van der Waals surface area contributed by atoms with E-state index in [4.69, 9.17) is 14.0 Å². The number of hydrogen-bond donors (Lipinski definition) is 4. The molecule has 1 heterocycles. The van der Waals surface area contributed by atoms with Gasteiger partial charge in [0, 0.05) is 0 Å². The van der Waals surface area contributed by atoms with Crippen molar-refractivity contribution in [2.24, 2.45) is 0 Å². The van der Waals surface area contributed by atoms with E-state index in [1.54, 1.807) is 19.1 Å². The van der Waals surface area contributed by atoms with Gasteiger partial charge in [-0.2, -0.15) is 8.42 Å². The van der Waals surface area contributed by atoms with Crippen molar-refractivity contribution >= 4 is 10.1 Å². The van der Waals surface area contributed by atoms with Crippen LogP contribution in [0.15, 0.2) is 29.2 Å². The molecule has 0 radical (unpaired) electrons. The molecule has 8 nitrogen and oxygen atoms in total. The first kappa shape index (κ1) is 17.3. The van der Waals surface area contributed by atoms with E-state index >= 15 is 0 Å². The molecule has 1 aromatic rings. The molecule has 9 heteroatoms. The zero-order valence-corrected chi connectivity index (χ0v) is 12.5. The van der Waals surface area contributed by atoms with Crippen LogP contribution in [0.2, 0.25) is 0 Å². The summed E-state index contributed by atoms with van der Waals surface area (Å²) in [5.74, 6) is 0. The van der Waals surface area contributed by atoms with Crippen molar-refractivity contribution in [3.63, 3.8) is 0 Å². The average molecular weight is 334 g/mol. The van der Waals surface area contributed by atoms with E-state index in [0.717, 1.165) is 5.56 Å². The van der Waals surface area contributed by atoms with Crippen LogP contribution >= 0.6 is 0 Å². The maximum Gasteiger partial charge on any atom is 0.297 e. The fourth-order valence-corrected chi connectivity index (χ4v) is 3.19. The molecule has 1 aromatic carbocycles. The Morgan fingerprint density at radius 3 is 2.27 bits per heavy atom. The van der Waals surface area contributed by atoms with Crippen molar-refractivity contribution in [3.05, 3.63) is 29.8 Å². The minimum atomic E-state index is -4.27. The van der Waals surface area contributed by atoms with Crippen molar-refractivity contribution in [3.8, 4) is 0 Å². The monoisotopic (exact) mass is 334 g/mol. The number of benzene rings is 1. The van der Waals surface area contributed by atoms with Crippen molar-refractivity contribution in [1.29, 1.82) is 0 Å². The van der Waals surface area contributed by atoms with Crippen LogP contribution in [0.4, 0.5) is 0 Å². The first-order valence-corrected chi connectivity index (χ1v) is 7.97. The van der Waals surface area contributed by atoms with Crippen molar-refractivity contribution in [2.45, 2.75) is 42.5 Å². The van der Waals surface area contributed by atoms with E-state index in [1.165, 1.54) is 12.1 Å². The molecular weight excluding hydrogens is 316 g/mol. The standard InChI is InChI=1S/C13H18O8S/c1-7-2-4-8(5-3-7)22(18,19)21-12-10(15)9(6-14)20-13(17)11(12)16/h2-5,9-17H,6H2,1H3. The Morgan fingerprint density at radius 1 is 1.14 bits per heavy atom. The predicted octanol–water partition coefficient (Wildman–Crippen LogP) is -1.50. The minimum Gasteiger partial charge on any atom is -0.394 e. The lowest BCUT2D eigenvalue weighted by atomic mass is 9.99. The molecular formula is C13H18O8S. The number of aliphatic hydroxyl groups is 4. The van der Waals surface area contributed by atoms with Crippen LogP contribution in [-0.2, 0) is 19.0 Å². The third kappa shape index (κ3) is 3.46. The van der Waals surface area contributed by atoms with Crippen LogP contribution in [0, 0.1) is 6.92 Å². The van der Waals surface area contributed by atoms with Crippen molar-refractivity contribution < 1.29 is 37.8 Å². The molecule has 0 aromatic heterocycles. The second kappa shape index (κ2) is 6.59. The summed E-state index contributed by atoms with van der Waals surface area (Å²) < 4.78 is 34.0. The van der Waals surface area contributed by atoms with Gasteiger partial charge >= 0.3 is 0 Å². The molecule has 124 valence electrons. The van der Waals surface area contributed by atoms with Crippen molar-refractivity contribution in [1.82, 2.24) is 0 Å².